The first-order chi connectivity index (χ1) is 14.8. The summed E-state index contributed by atoms with van der Waals surface area (Å²) in [6, 6.07) is 4.27. The van der Waals surface area contributed by atoms with Gasteiger partial charge in [0.2, 0.25) is 15.9 Å². The van der Waals surface area contributed by atoms with Crippen LogP contribution in [0, 0.1) is 6.92 Å². The van der Waals surface area contributed by atoms with Gasteiger partial charge in [-0.3, -0.25) is 4.79 Å². The van der Waals surface area contributed by atoms with Crippen LogP contribution < -0.4 is 10.0 Å². The number of anilines is 1. The number of sulfonamides is 1. The van der Waals surface area contributed by atoms with Crippen LogP contribution in [0.25, 0.3) is 5.52 Å². The number of nitrogens with one attached hydrogen (secondary N) is 2. The van der Waals surface area contributed by atoms with Crippen molar-refractivity contribution in [3.05, 3.63) is 53.1 Å². The van der Waals surface area contributed by atoms with Crippen LogP contribution in [0.5, 0.6) is 0 Å². The van der Waals surface area contributed by atoms with Gasteiger partial charge in [0.15, 0.2) is 0 Å². The average molecular weight is 445 g/mol. The van der Waals surface area contributed by atoms with Gasteiger partial charge in [0.05, 0.1) is 35.4 Å². The molecule has 0 saturated carbocycles. The predicted molar refractivity (Wildman–Crippen MR) is 108 cm³/mol. The van der Waals surface area contributed by atoms with Crippen molar-refractivity contribution in [3.8, 4) is 0 Å². The van der Waals surface area contributed by atoms with Crippen LogP contribution in [0.1, 0.15) is 33.1 Å². The largest absolute Gasteiger partial charge is 0.465 e. The highest BCUT2D eigenvalue weighted by molar-refractivity contribution is 7.89. The first-order valence-corrected chi connectivity index (χ1v) is 10.7. The molecule has 3 heterocycles. The number of methoxy groups -OCH3 is 1. The zero-order valence-electron chi connectivity index (χ0n) is 16.6. The molecule has 162 valence electrons. The number of ether oxygens (including phenoxy) is 1. The van der Waals surface area contributed by atoms with E-state index in [0.717, 1.165) is 0 Å². The summed E-state index contributed by atoms with van der Waals surface area (Å²) >= 11 is 0. The van der Waals surface area contributed by atoms with Crippen molar-refractivity contribution in [3.63, 3.8) is 0 Å². The number of nitrogens with zero attached hydrogens (tertiary/aromatic N) is 3. The summed E-state index contributed by atoms with van der Waals surface area (Å²) in [5, 5.41) is 15.8. The van der Waals surface area contributed by atoms with Crippen LogP contribution in [0.15, 0.2) is 35.6 Å². The number of fused-ring (bicyclic) bond motifs is 2. The average Bonchev–Trinajstić information content (AvgIpc) is 3.27. The molecule has 0 spiro atoms. The van der Waals surface area contributed by atoms with Gasteiger partial charge in [0.25, 0.3) is 0 Å². The van der Waals surface area contributed by atoms with Crippen molar-refractivity contribution in [2.75, 3.05) is 25.6 Å². The fraction of sp³-hybridized carbons (Fsp3) is 0.263. The van der Waals surface area contributed by atoms with E-state index < -0.39 is 21.9 Å². The maximum Gasteiger partial charge on any atom is 0.339 e. The smallest absolute Gasteiger partial charge is 0.339 e. The van der Waals surface area contributed by atoms with Crippen molar-refractivity contribution in [1.82, 2.24) is 19.3 Å². The van der Waals surface area contributed by atoms with Gasteiger partial charge in [-0.15, -0.1) is 0 Å². The lowest BCUT2D eigenvalue weighted by Crippen LogP contribution is -2.26. The number of amides is 1. The van der Waals surface area contributed by atoms with Crippen LogP contribution in [-0.4, -0.2) is 60.3 Å². The van der Waals surface area contributed by atoms with Crippen molar-refractivity contribution in [2.45, 2.75) is 17.7 Å². The van der Waals surface area contributed by atoms with Gasteiger partial charge in [-0.05, 0) is 36.2 Å². The Hall–Kier alpha value is -3.35. The molecule has 3 N–H and O–H groups in total. The van der Waals surface area contributed by atoms with E-state index in [-0.39, 0.29) is 29.5 Å². The number of carbonyl (C=O) groups is 2. The Balaban J connectivity index is 1.87. The molecule has 0 aliphatic carbocycles. The zero-order chi connectivity index (χ0) is 22.3. The second-order valence-corrected chi connectivity index (χ2v) is 8.66. The Bertz CT molecular complexity index is 1320. The number of aliphatic hydroxyl groups excluding tert-OH is 1. The number of aromatic nitrogens is 3. The van der Waals surface area contributed by atoms with Crippen LogP contribution in [0.2, 0.25) is 0 Å². The number of esters is 1. The number of hydrogen-bond donors (Lipinski definition) is 3. The van der Waals surface area contributed by atoms with Crippen LogP contribution in [0.3, 0.4) is 0 Å². The SMILES string of the molecule is COC(=O)c1cn2ncnc(C3C(=O)Nc4ccc(S(=O)(=O)NCCO)cc43)c2c1C. The van der Waals surface area contributed by atoms with Gasteiger partial charge >= 0.3 is 5.97 Å². The van der Waals surface area contributed by atoms with Crippen LogP contribution >= 0.6 is 0 Å². The maximum absolute atomic E-state index is 12.8. The van der Waals surface area contributed by atoms with E-state index in [1.54, 1.807) is 6.92 Å². The summed E-state index contributed by atoms with van der Waals surface area (Å²) in [5.74, 6) is -1.84. The van der Waals surface area contributed by atoms with Gasteiger partial charge in [0, 0.05) is 18.4 Å². The molecule has 11 nitrogen and oxygen atoms in total. The van der Waals surface area contributed by atoms with Gasteiger partial charge in [-0.25, -0.2) is 27.4 Å². The molecule has 0 bridgehead atoms. The minimum absolute atomic E-state index is 0.0476. The summed E-state index contributed by atoms with van der Waals surface area (Å²) in [6.45, 7) is 1.22. The van der Waals surface area contributed by atoms with Gasteiger partial charge < -0.3 is 15.2 Å². The monoisotopic (exact) mass is 445 g/mol. The van der Waals surface area contributed by atoms with E-state index in [1.807, 2.05) is 0 Å². The predicted octanol–water partition coefficient (Wildman–Crippen LogP) is 0.179. The molecule has 2 aromatic heterocycles. The Kier molecular flexibility index (Phi) is 5.21. The minimum atomic E-state index is -3.88. The first-order valence-electron chi connectivity index (χ1n) is 9.25. The zero-order valence-corrected chi connectivity index (χ0v) is 17.4. The Morgan fingerprint density at radius 2 is 2.16 bits per heavy atom. The molecule has 31 heavy (non-hydrogen) atoms. The second kappa shape index (κ2) is 7.72. The molecule has 1 aliphatic heterocycles. The molecular formula is C19H19N5O6S. The van der Waals surface area contributed by atoms with E-state index in [1.165, 1.54) is 42.3 Å². The van der Waals surface area contributed by atoms with E-state index in [4.69, 9.17) is 9.84 Å². The number of benzene rings is 1. The maximum atomic E-state index is 12.8. The molecule has 3 aromatic rings. The molecule has 4 rings (SSSR count). The molecule has 1 aliphatic rings. The molecule has 0 fully saturated rings. The quantitative estimate of drug-likeness (QED) is 0.454. The fourth-order valence-electron chi connectivity index (χ4n) is 3.66. The van der Waals surface area contributed by atoms with Gasteiger partial charge in [0.1, 0.15) is 12.2 Å². The molecule has 1 amide bonds. The van der Waals surface area contributed by atoms with Crippen molar-refractivity contribution in [1.29, 1.82) is 0 Å². The topological polar surface area (TPSA) is 152 Å². The lowest BCUT2D eigenvalue weighted by atomic mass is 9.95. The Labute approximate surface area is 177 Å². The number of hydrogen-bond acceptors (Lipinski definition) is 8. The third kappa shape index (κ3) is 3.44. The molecule has 0 saturated heterocycles. The van der Waals surface area contributed by atoms with Crippen LogP contribution in [0.4, 0.5) is 5.69 Å². The van der Waals surface area contributed by atoms with Crippen molar-refractivity contribution >= 4 is 33.1 Å². The number of carbonyl (C=O) groups excluding carboxylic acids is 2. The first kappa shape index (κ1) is 20.9. The second-order valence-electron chi connectivity index (χ2n) is 6.89. The van der Waals surface area contributed by atoms with Crippen molar-refractivity contribution in [2.24, 2.45) is 0 Å². The minimum Gasteiger partial charge on any atom is -0.465 e. The fourth-order valence-corrected chi connectivity index (χ4v) is 4.71. The summed E-state index contributed by atoms with van der Waals surface area (Å²) in [7, 11) is -2.61. The number of aliphatic hydroxyl groups is 1. The van der Waals surface area contributed by atoms with Gasteiger partial charge in [-0.2, -0.15) is 5.10 Å². The highest BCUT2D eigenvalue weighted by Crippen LogP contribution is 2.39. The standard InChI is InChI=1S/C19H19N5O6S/c1-10-13(19(27)30-2)8-24-17(10)16(20-9-21-24)15-12-7-11(31(28,29)22-5-6-25)3-4-14(12)23-18(15)26/h3-4,7-9,15,22,25H,5-6H2,1-2H3,(H,23,26). The molecule has 1 atom stereocenters. The Morgan fingerprint density at radius 1 is 1.39 bits per heavy atom. The number of rotatable bonds is 6. The van der Waals surface area contributed by atoms with E-state index in [2.05, 4.69) is 20.1 Å². The third-order valence-corrected chi connectivity index (χ3v) is 6.56. The summed E-state index contributed by atoms with van der Waals surface area (Å²) in [6.07, 6.45) is 2.76. The molecule has 1 aromatic carbocycles. The molecule has 1 unspecified atom stereocenters. The lowest BCUT2D eigenvalue weighted by molar-refractivity contribution is -0.116. The van der Waals surface area contributed by atoms with Crippen LogP contribution in [-0.2, 0) is 19.6 Å². The van der Waals surface area contributed by atoms with E-state index in [9.17, 15) is 18.0 Å². The van der Waals surface area contributed by atoms with E-state index in [0.29, 0.717) is 28.0 Å². The third-order valence-electron chi connectivity index (χ3n) is 5.10. The highest BCUT2D eigenvalue weighted by atomic mass is 32.2. The van der Waals surface area contributed by atoms with Crippen molar-refractivity contribution < 1.29 is 27.9 Å². The van der Waals surface area contributed by atoms with E-state index >= 15 is 0 Å². The van der Waals surface area contributed by atoms with Gasteiger partial charge in [-0.1, -0.05) is 0 Å². The Morgan fingerprint density at radius 3 is 2.87 bits per heavy atom. The highest BCUT2D eigenvalue weighted by Gasteiger charge is 2.36. The molecule has 12 heteroatoms. The summed E-state index contributed by atoms with van der Waals surface area (Å²) in [5.41, 5.74) is 2.51. The normalized spacial score (nSPS) is 15.7. The lowest BCUT2D eigenvalue weighted by Gasteiger charge is -2.12. The molecule has 0 radical (unpaired) electrons. The summed E-state index contributed by atoms with van der Waals surface area (Å²) in [4.78, 5) is 29.2. The number of aryl methyl sites for hydroxylation is 1. The summed E-state index contributed by atoms with van der Waals surface area (Å²) < 4.78 is 33.5. The molecular weight excluding hydrogens is 426 g/mol.